The summed E-state index contributed by atoms with van der Waals surface area (Å²) in [5.41, 5.74) is 8.27. The zero-order valence-electron chi connectivity index (χ0n) is 17.3. The molecule has 0 aromatic heterocycles. The Bertz CT molecular complexity index is 781. The maximum absolute atomic E-state index is 8.00. The summed E-state index contributed by atoms with van der Waals surface area (Å²) in [5.74, 6) is 0. The largest absolute Gasteiger partial charge is 1.00 e. The minimum absolute atomic E-state index is 0. The van der Waals surface area contributed by atoms with E-state index >= 15 is 0 Å². The summed E-state index contributed by atoms with van der Waals surface area (Å²) in [7, 11) is 0. The summed E-state index contributed by atoms with van der Waals surface area (Å²) in [6, 6.07) is 27.0. The van der Waals surface area contributed by atoms with Crippen LogP contribution >= 0.6 is 0 Å². The van der Waals surface area contributed by atoms with Gasteiger partial charge in [0.15, 0.2) is 0 Å². The molecule has 0 heterocycles. The molecule has 0 spiro atoms. The molecule has 3 aromatic rings. The third kappa shape index (κ3) is 8.71. The minimum Gasteiger partial charge on any atom is -0.307 e. The Morgan fingerprint density at radius 2 is 1.48 bits per heavy atom. The molecule has 0 amide bonds. The Morgan fingerprint density at radius 3 is 2.00 bits per heavy atom. The third-order valence-corrected chi connectivity index (χ3v) is 4.30. The molecule has 0 aliphatic heterocycles. The van der Waals surface area contributed by atoms with Crippen LogP contribution in [0.3, 0.4) is 0 Å². The van der Waals surface area contributed by atoms with Crippen LogP contribution in [0.1, 0.15) is 40.3 Å². The fourth-order valence-electron chi connectivity index (χ4n) is 2.72. The van der Waals surface area contributed by atoms with Gasteiger partial charge < -0.3 is 4.79 Å². The number of hydrogen-bond acceptors (Lipinski definition) is 1. The number of rotatable bonds is 3. The summed E-state index contributed by atoms with van der Waals surface area (Å²) in [5, 5.41) is 0. The first-order valence-corrected chi connectivity index (χ1v) is 8.87. The van der Waals surface area contributed by atoms with Crippen molar-refractivity contribution in [3.63, 3.8) is 0 Å². The van der Waals surface area contributed by atoms with Crippen molar-refractivity contribution in [1.29, 1.82) is 0 Å². The van der Waals surface area contributed by atoms with Gasteiger partial charge in [0, 0.05) is 0 Å². The van der Waals surface area contributed by atoms with Crippen LogP contribution < -0.4 is 29.6 Å². The van der Waals surface area contributed by atoms with Gasteiger partial charge in [-0.15, -0.1) is 5.56 Å². The van der Waals surface area contributed by atoms with Crippen LogP contribution in [-0.2, 0) is 17.6 Å². The molecule has 0 aliphatic rings. The van der Waals surface area contributed by atoms with Crippen molar-refractivity contribution in [2.24, 2.45) is 0 Å². The zero-order chi connectivity index (χ0) is 19.4. The van der Waals surface area contributed by atoms with Crippen molar-refractivity contribution in [3.05, 3.63) is 106 Å². The average molecular weight is 367 g/mol. The summed E-state index contributed by atoms with van der Waals surface area (Å²) in [4.78, 5) is 8.00. The molecule has 3 rings (SSSR count). The van der Waals surface area contributed by atoms with Crippen LogP contribution in [0.4, 0.5) is 0 Å². The summed E-state index contributed by atoms with van der Waals surface area (Å²) in [6.07, 6.45) is 2.09. The van der Waals surface area contributed by atoms with E-state index in [2.05, 4.69) is 70.2 Å². The molecular weight excluding hydrogens is 339 g/mol. The standard InChI is InChI=1S/C17H19.C7H7.CH2O.Na/c1-4-15-11-7-9-14(3)17(15)12-16-10-6-5-8-13(16)2;1-7-5-3-2-4-6-7;1-2;/h5-10H,4,12H2,1-3H3;3-6H,1H3;1H2;/q2*-1;;+1. The van der Waals surface area contributed by atoms with Crippen molar-refractivity contribution in [2.75, 3.05) is 0 Å². The van der Waals surface area contributed by atoms with Gasteiger partial charge in [-0.1, -0.05) is 57.0 Å². The fourth-order valence-corrected chi connectivity index (χ4v) is 2.72. The van der Waals surface area contributed by atoms with E-state index in [9.17, 15) is 0 Å². The van der Waals surface area contributed by atoms with Gasteiger partial charge in [-0.05, 0) is 18.9 Å². The van der Waals surface area contributed by atoms with Crippen LogP contribution in [0.25, 0.3) is 0 Å². The Hall–Kier alpha value is -1.67. The van der Waals surface area contributed by atoms with E-state index in [1.54, 1.807) is 0 Å². The van der Waals surface area contributed by atoms with Gasteiger partial charge in [0.25, 0.3) is 0 Å². The quantitative estimate of drug-likeness (QED) is 0.514. The van der Waals surface area contributed by atoms with Crippen LogP contribution in [0.15, 0.2) is 60.7 Å². The second-order valence-electron chi connectivity index (χ2n) is 6.15. The first-order chi connectivity index (χ1) is 12.6. The number of carbonyl (C=O) groups is 1. The van der Waals surface area contributed by atoms with Gasteiger partial charge in [-0.3, -0.25) is 0 Å². The van der Waals surface area contributed by atoms with Gasteiger partial charge >= 0.3 is 29.6 Å². The van der Waals surface area contributed by atoms with E-state index in [-0.39, 0.29) is 29.6 Å². The first kappa shape index (κ1) is 25.3. The number of hydrogen-bond donors (Lipinski definition) is 0. The van der Waals surface area contributed by atoms with Crippen LogP contribution in [0, 0.1) is 32.9 Å². The van der Waals surface area contributed by atoms with Crippen LogP contribution in [-0.4, -0.2) is 6.79 Å². The molecule has 2 heteroatoms. The average Bonchev–Trinajstić information content (AvgIpc) is 2.68. The minimum atomic E-state index is 0. The summed E-state index contributed by atoms with van der Waals surface area (Å²) in [6.45, 7) is 10.6. The Labute approximate surface area is 187 Å². The molecule has 27 heavy (non-hydrogen) atoms. The maximum Gasteiger partial charge on any atom is 1.00 e. The van der Waals surface area contributed by atoms with Crippen molar-refractivity contribution < 1.29 is 34.4 Å². The van der Waals surface area contributed by atoms with Crippen molar-refractivity contribution in [3.8, 4) is 0 Å². The van der Waals surface area contributed by atoms with E-state index in [0.29, 0.717) is 0 Å². The van der Waals surface area contributed by atoms with E-state index in [0.717, 1.165) is 12.8 Å². The molecule has 0 atom stereocenters. The molecule has 0 N–H and O–H groups in total. The van der Waals surface area contributed by atoms with Crippen molar-refractivity contribution in [2.45, 2.75) is 40.5 Å². The monoisotopic (exact) mass is 367 g/mol. The molecule has 0 radical (unpaired) electrons. The molecular formula is C25H28NaO-. The predicted octanol–water partition coefficient (Wildman–Crippen LogP) is 2.87. The van der Waals surface area contributed by atoms with Gasteiger partial charge in [0.1, 0.15) is 6.79 Å². The van der Waals surface area contributed by atoms with Gasteiger partial charge in [-0.25, -0.2) is 0 Å². The molecule has 0 bridgehead atoms. The molecule has 1 nitrogen and oxygen atoms in total. The van der Waals surface area contributed by atoms with E-state index < -0.39 is 0 Å². The van der Waals surface area contributed by atoms with E-state index in [1.807, 2.05) is 37.1 Å². The van der Waals surface area contributed by atoms with Crippen LogP contribution in [0.5, 0.6) is 0 Å². The third-order valence-electron chi connectivity index (χ3n) is 4.30. The summed E-state index contributed by atoms with van der Waals surface area (Å²) >= 11 is 0. The predicted molar refractivity (Wildman–Crippen MR) is 111 cm³/mol. The maximum atomic E-state index is 8.00. The molecule has 0 saturated carbocycles. The SMILES string of the molecule is C=O.CCc1[c-]ccc(C)c1Cc1ccccc1C.Cc1cc[c-]cc1.[Na+]. The second-order valence-corrected chi connectivity index (χ2v) is 6.15. The van der Waals surface area contributed by atoms with Crippen molar-refractivity contribution >= 4 is 6.79 Å². The fraction of sp³-hybridized carbons (Fsp3) is 0.240. The number of aryl methyl sites for hydroxylation is 4. The zero-order valence-corrected chi connectivity index (χ0v) is 19.3. The molecule has 0 unspecified atom stereocenters. The molecule has 3 aromatic carbocycles. The first-order valence-electron chi connectivity index (χ1n) is 8.87. The van der Waals surface area contributed by atoms with Gasteiger partial charge in [0.05, 0.1) is 0 Å². The number of benzene rings is 3. The van der Waals surface area contributed by atoms with Gasteiger partial charge in [-0.2, -0.15) is 65.2 Å². The molecule has 136 valence electrons. The van der Waals surface area contributed by atoms with Crippen molar-refractivity contribution in [1.82, 2.24) is 0 Å². The Balaban J connectivity index is 0.000000569. The Morgan fingerprint density at radius 1 is 0.852 bits per heavy atom. The van der Waals surface area contributed by atoms with Crippen LogP contribution in [0.2, 0.25) is 0 Å². The second kappa shape index (κ2) is 14.4. The van der Waals surface area contributed by atoms with E-state index in [1.165, 1.54) is 33.4 Å². The topological polar surface area (TPSA) is 17.1 Å². The molecule has 0 aliphatic carbocycles. The summed E-state index contributed by atoms with van der Waals surface area (Å²) < 4.78 is 0. The van der Waals surface area contributed by atoms with E-state index in [4.69, 9.17) is 4.79 Å². The normalized spacial score (nSPS) is 9.04. The smallest absolute Gasteiger partial charge is 0.307 e. The van der Waals surface area contributed by atoms with Gasteiger partial charge in [0.2, 0.25) is 0 Å². The Kier molecular flexibility index (Phi) is 13.5. The molecule has 0 saturated heterocycles. The molecule has 0 fully saturated rings. The number of carbonyl (C=O) groups excluding carboxylic acids is 1.